The Bertz CT molecular complexity index is 1300. The highest BCUT2D eigenvalue weighted by Crippen LogP contribution is 2.39. The predicted molar refractivity (Wildman–Crippen MR) is 140 cm³/mol. The molecule has 5 rings (SSSR count). The Morgan fingerprint density at radius 2 is 1.78 bits per heavy atom. The summed E-state index contributed by atoms with van der Waals surface area (Å²) in [6, 6.07) is 22.0. The lowest BCUT2D eigenvalue weighted by Gasteiger charge is -2.29. The number of piperidine rings is 1. The van der Waals surface area contributed by atoms with Crippen molar-refractivity contribution in [3.05, 3.63) is 99.6 Å². The molecule has 36 heavy (non-hydrogen) atoms. The second-order valence-electron chi connectivity index (χ2n) is 9.20. The number of nitro groups is 1. The maximum Gasteiger partial charge on any atom is 0.270 e. The molecule has 8 nitrogen and oxygen atoms in total. The Morgan fingerprint density at radius 3 is 2.47 bits per heavy atom. The van der Waals surface area contributed by atoms with Gasteiger partial charge in [-0.05, 0) is 48.6 Å². The fourth-order valence-electron chi connectivity index (χ4n) is 4.73. The second kappa shape index (κ2) is 10.3. The number of carbonyl (C=O) groups excluding carboxylic acids is 1. The van der Waals surface area contributed by atoms with Crippen molar-refractivity contribution in [1.82, 2.24) is 4.90 Å². The third-order valence-electron chi connectivity index (χ3n) is 6.77. The first kappa shape index (κ1) is 23.7. The number of aliphatic hydroxyl groups is 1. The predicted octanol–water partition coefficient (Wildman–Crippen LogP) is 4.53. The summed E-state index contributed by atoms with van der Waals surface area (Å²) < 4.78 is 0. The highest BCUT2D eigenvalue weighted by molar-refractivity contribution is 6.37. The molecule has 3 aromatic rings. The largest absolute Gasteiger partial charge is 0.393 e. The van der Waals surface area contributed by atoms with E-state index >= 15 is 0 Å². The van der Waals surface area contributed by atoms with Crippen LogP contribution < -0.4 is 10.6 Å². The number of carbonyl (C=O) groups is 1. The minimum Gasteiger partial charge on any atom is -0.393 e. The van der Waals surface area contributed by atoms with E-state index in [9.17, 15) is 20.0 Å². The molecule has 0 radical (unpaired) electrons. The van der Waals surface area contributed by atoms with Crippen LogP contribution in [-0.2, 0) is 11.2 Å². The first-order valence-corrected chi connectivity index (χ1v) is 12.1. The normalized spacial score (nSPS) is 17.4. The standard InChI is InChI=1S/C28H28N4O4/c33-23-13-16-31(17-14-23)15-12-19-6-8-21(9-7-19)29-27(20-4-2-1-3-5-20)26-24-18-22(32(35)36)10-11-25(24)30-28(26)34/h1-11,18,23,29,33H,12-17H2,(H,30,34). The number of nitrogens with one attached hydrogen (secondary N) is 2. The second-order valence-corrected chi connectivity index (χ2v) is 9.20. The molecule has 2 aliphatic rings. The number of aliphatic hydroxyl groups excluding tert-OH is 1. The summed E-state index contributed by atoms with van der Waals surface area (Å²) in [5.41, 5.74) is 4.78. The molecule has 1 amide bonds. The molecule has 3 aromatic carbocycles. The molecular formula is C28H28N4O4. The van der Waals surface area contributed by atoms with Gasteiger partial charge in [-0.3, -0.25) is 14.9 Å². The van der Waals surface area contributed by atoms with E-state index in [0.717, 1.165) is 50.1 Å². The lowest BCUT2D eigenvalue weighted by molar-refractivity contribution is -0.384. The van der Waals surface area contributed by atoms with E-state index in [-0.39, 0.29) is 17.7 Å². The number of likely N-dealkylation sites (tertiary alicyclic amines) is 1. The van der Waals surface area contributed by atoms with Crippen LogP contribution in [0.25, 0.3) is 11.3 Å². The molecule has 184 valence electrons. The quantitative estimate of drug-likeness (QED) is 0.258. The third kappa shape index (κ3) is 5.15. The zero-order valence-corrected chi connectivity index (χ0v) is 19.8. The SMILES string of the molecule is O=C1Nc2ccc([N+](=O)[O-])cc2C1=C(Nc1ccc(CCN2CCC(O)CC2)cc1)c1ccccc1. The summed E-state index contributed by atoms with van der Waals surface area (Å²) in [6.45, 7) is 2.81. The minimum atomic E-state index is -0.457. The van der Waals surface area contributed by atoms with Gasteiger partial charge in [0.1, 0.15) is 0 Å². The van der Waals surface area contributed by atoms with E-state index in [1.807, 2.05) is 42.5 Å². The summed E-state index contributed by atoms with van der Waals surface area (Å²) in [4.78, 5) is 26.3. The lowest BCUT2D eigenvalue weighted by Crippen LogP contribution is -2.37. The Morgan fingerprint density at radius 1 is 1.06 bits per heavy atom. The Hall–Kier alpha value is -4.01. The van der Waals surface area contributed by atoms with E-state index in [1.165, 1.54) is 17.7 Å². The number of hydrogen-bond acceptors (Lipinski definition) is 6. The van der Waals surface area contributed by atoms with Gasteiger partial charge in [-0.25, -0.2) is 0 Å². The van der Waals surface area contributed by atoms with Crippen LogP contribution >= 0.6 is 0 Å². The van der Waals surface area contributed by atoms with Gasteiger partial charge in [0, 0.05) is 48.7 Å². The van der Waals surface area contributed by atoms with Gasteiger partial charge >= 0.3 is 0 Å². The summed E-state index contributed by atoms with van der Waals surface area (Å²) in [5, 5.41) is 27.3. The van der Waals surface area contributed by atoms with Gasteiger partial charge in [-0.15, -0.1) is 0 Å². The molecule has 1 saturated heterocycles. The van der Waals surface area contributed by atoms with Crippen LogP contribution in [0.1, 0.15) is 29.5 Å². The minimum absolute atomic E-state index is 0.0669. The van der Waals surface area contributed by atoms with Gasteiger partial charge in [0.05, 0.1) is 22.3 Å². The fraction of sp³-hybridized carbons (Fsp3) is 0.250. The summed E-state index contributed by atoms with van der Waals surface area (Å²) in [5.74, 6) is -0.305. The van der Waals surface area contributed by atoms with Gasteiger partial charge < -0.3 is 20.6 Å². The maximum absolute atomic E-state index is 13.0. The molecule has 0 bridgehead atoms. The first-order chi connectivity index (χ1) is 17.5. The Kier molecular flexibility index (Phi) is 6.79. The van der Waals surface area contributed by atoms with Crippen LogP contribution in [-0.4, -0.2) is 46.6 Å². The van der Waals surface area contributed by atoms with Crippen LogP contribution in [0.15, 0.2) is 72.8 Å². The average molecular weight is 485 g/mol. The van der Waals surface area contributed by atoms with Crippen molar-refractivity contribution in [3.8, 4) is 0 Å². The van der Waals surface area contributed by atoms with Crippen molar-refractivity contribution in [2.45, 2.75) is 25.4 Å². The van der Waals surface area contributed by atoms with Crippen molar-refractivity contribution in [2.75, 3.05) is 30.3 Å². The van der Waals surface area contributed by atoms with E-state index in [2.05, 4.69) is 27.7 Å². The van der Waals surface area contributed by atoms with Crippen LogP contribution in [0, 0.1) is 10.1 Å². The average Bonchev–Trinajstić information content (AvgIpc) is 3.23. The molecule has 0 aliphatic carbocycles. The molecule has 8 heteroatoms. The smallest absolute Gasteiger partial charge is 0.270 e. The molecule has 0 saturated carbocycles. The van der Waals surface area contributed by atoms with Gasteiger partial charge in [-0.1, -0.05) is 42.5 Å². The van der Waals surface area contributed by atoms with Crippen molar-refractivity contribution in [1.29, 1.82) is 0 Å². The molecule has 2 heterocycles. The lowest BCUT2D eigenvalue weighted by atomic mass is 9.99. The van der Waals surface area contributed by atoms with Crippen LogP contribution in [0.5, 0.6) is 0 Å². The van der Waals surface area contributed by atoms with Crippen LogP contribution in [0.3, 0.4) is 0 Å². The fourth-order valence-corrected chi connectivity index (χ4v) is 4.73. The number of benzene rings is 3. The van der Waals surface area contributed by atoms with Crippen molar-refractivity contribution < 1.29 is 14.8 Å². The van der Waals surface area contributed by atoms with Crippen molar-refractivity contribution in [2.24, 2.45) is 0 Å². The van der Waals surface area contributed by atoms with Crippen molar-refractivity contribution >= 4 is 34.2 Å². The number of amides is 1. The summed E-state index contributed by atoms with van der Waals surface area (Å²) >= 11 is 0. The summed E-state index contributed by atoms with van der Waals surface area (Å²) in [7, 11) is 0. The zero-order chi connectivity index (χ0) is 25.1. The highest BCUT2D eigenvalue weighted by Gasteiger charge is 2.30. The van der Waals surface area contributed by atoms with Gasteiger partial charge in [0.2, 0.25) is 0 Å². The van der Waals surface area contributed by atoms with Gasteiger partial charge in [0.25, 0.3) is 11.6 Å². The first-order valence-electron chi connectivity index (χ1n) is 12.1. The topological polar surface area (TPSA) is 108 Å². The van der Waals surface area contributed by atoms with E-state index in [1.54, 1.807) is 6.07 Å². The van der Waals surface area contributed by atoms with E-state index < -0.39 is 4.92 Å². The van der Waals surface area contributed by atoms with E-state index in [0.29, 0.717) is 22.5 Å². The number of nitro benzene ring substituents is 1. The number of rotatable bonds is 7. The van der Waals surface area contributed by atoms with Gasteiger partial charge in [-0.2, -0.15) is 0 Å². The molecule has 0 spiro atoms. The Balaban J connectivity index is 1.41. The number of anilines is 2. The molecule has 0 unspecified atom stereocenters. The number of nitrogens with zero attached hydrogens (tertiary/aromatic N) is 2. The number of fused-ring (bicyclic) bond motifs is 1. The zero-order valence-electron chi connectivity index (χ0n) is 19.8. The van der Waals surface area contributed by atoms with Crippen LogP contribution in [0.4, 0.5) is 17.1 Å². The van der Waals surface area contributed by atoms with Crippen LogP contribution in [0.2, 0.25) is 0 Å². The monoisotopic (exact) mass is 484 g/mol. The maximum atomic E-state index is 13.0. The van der Waals surface area contributed by atoms with E-state index in [4.69, 9.17) is 0 Å². The molecule has 2 aliphatic heterocycles. The number of non-ortho nitro benzene ring substituents is 1. The number of hydrogen-bond donors (Lipinski definition) is 3. The van der Waals surface area contributed by atoms with Crippen molar-refractivity contribution in [3.63, 3.8) is 0 Å². The Labute approximate surface area is 209 Å². The van der Waals surface area contributed by atoms with Gasteiger partial charge in [0.15, 0.2) is 0 Å². The molecule has 0 atom stereocenters. The third-order valence-corrected chi connectivity index (χ3v) is 6.77. The molecular weight excluding hydrogens is 456 g/mol. The highest BCUT2D eigenvalue weighted by atomic mass is 16.6. The molecule has 3 N–H and O–H groups in total. The molecule has 1 fully saturated rings. The summed E-state index contributed by atoms with van der Waals surface area (Å²) in [6.07, 6.45) is 2.42. The molecule has 0 aromatic heterocycles.